The normalized spacial score (nSPS) is 23.8. The maximum atomic E-state index is 3.40. The van der Waals surface area contributed by atoms with E-state index in [9.17, 15) is 0 Å². The SMILES string of the molecule is [CH]1CCNCC1c1ccccc1. The predicted octanol–water partition coefficient (Wildman–Crippen LogP) is 1.97. The Morgan fingerprint density at radius 1 is 1.17 bits per heavy atom. The molecule has 0 aliphatic carbocycles. The van der Waals surface area contributed by atoms with E-state index in [1.54, 1.807) is 0 Å². The van der Waals surface area contributed by atoms with E-state index in [4.69, 9.17) is 0 Å². The molecule has 0 bridgehead atoms. The Bertz CT molecular complexity index is 224. The number of rotatable bonds is 1. The van der Waals surface area contributed by atoms with Crippen molar-refractivity contribution in [2.75, 3.05) is 13.1 Å². The molecule has 1 heterocycles. The molecule has 12 heavy (non-hydrogen) atoms. The van der Waals surface area contributed by atoms with Gasteiger partial charge in [-0.25, -0.2) is 0 Å². The molecule has 1 aromatic rings. The van der Waals surface area contributed by atoms with Gasteiger partial charge in [0.25, 0.3) is 0 Å². The van der Waals surface area contributed by atoms with Crippen molar-refractivity contribution >= 4 is 0 Å². The van der Waals surface area contributed by atoms with Crippen LogP contribution in [0.5, 0.6) is 0 Å². The number of benzene rings is 1. The fourth-order valence-electron chi connectivity index (χ4n) is 1.68. The lowest BCUT2D eigenvalue weighted by Gasteiger charge is -2.22. The van der Waals surface area contributed by atoms with E-state index in [0.717, 1.165) is 13.1 Å². The zero-order chi connectivity index (χ0) is 8.23. The van der Waals surface area contributed by atoms with Gasteiger partial charge in [-0.1, -0.05) is 30.3 Å². The van der Waals surface area contributed by atoms with Crippen molar-refractivity contribution in [1.82, 2.24) is 5.32 Å². The molecular weight excluding hydrogens is 146 g/mol. The van der Waals surface area contributed by atoms with Crippen molar-refractivity contribution in [3.63, 3.8) is 0 Å². The number of nitrogens with one attached hydrogen (secondary N) is 1. The van der Waals surface area contributed by atoms with Gasteiger partial charge in [-0.2, -0.15) is 0 Å². The van der Waals surface area contributed by atoms with Crippen LogP contribution in [0, 0.1) is 6.42 Å². The third kappa shape index (κ3) is 1.67. The highest BCUT2D eigenvalue weighted by atomic mass is 14.9. The van der Waals surface area contributed by atoms with E-state index < -0.39 is 0 Å². The first-order valence-electron chi connectivity index (χ1n) is 4.56. The topological polar surface area (TPSA) is 12.0 Å². The summed E-state index contributed by atoms with van der Waals surface area (Å²) in [5, 5.41) is 3.40. The van der Waals surface area contributed by atoms with Crippen molar-refractivity contribution in [1.29, 1.82) is 0 Å². The van der Waals surface area contributed by atoms with Gasteiger partial charge >= 0.3 is 0 Å². The molecule has 0 amide bonds. The van der Waals surface area contributed by atoms with Crippen LogP contribution in [0.4, 0.5) is 0 Å². The van der Waals surface area contributed by atoms with E-state index in [1.807, 2.05) is 0 Å². The summed E-state index contributed by atoms with van der Waals surface area (Å²) >= 11 is 0. The maximum absolute atomic E-state index is 3.40. The van der Waals surface area contributed by atoms with Gasteiger partial charge in [0.05, 0.1) is 0 Å². The van der Waals surface area contributed by atoms with E-state index in [0.29, 0.717) is 5.92 Å². The minimum Gasteiger partial charge on any atom is -0.316 e. The summed E-state index contributed by atoms with van der Waals surface area (Å²) in [4.78, 5) is 0. The Hall–Kier alpha value is -0.820. The molecule has 1 nitrogen and oxygen atoms in total. The standard InChI is InChI=1S/C11H14N/c1-2-5-10(6-3-1)11-7-4-8-12-9-11/h1-3,5-7,11-12H,4,8-9H2. The zero-order valence-electron chi connectivity index (χ0n) is 7.16. The van der Waals surface area contributed by atoms with Crippen LogP contribution in [0.2, 0.25) is 0 Å². The summed E-state index contributed by atoms with van der Waals surface area (Å²) < 4.78 is 0. The van der Waals surface area contributed by atoms with Gasteiger partial charge in [-0.15, -0.1) is 0 Å². The van der Waals surface area contributed by atoms with Crippen LogP contribution < -0.4 is 5.32 Å². The Labute approximate surface area is 73.8 Å². The van der Waals surface area contributed by atoms with E-state index >= 15 is 0 Å². The molecule has 63 valence electrons. The Balaban J connectivity index is 2.08. The molecule has 1 aliphatic heterocycles. The van der Waals surface area contributed by atoms with Gasteiger partial charge in [-0.3, -0.25) is 0 Å². The minimum atomic E-state index is 0.625. The second-order valence-corrected chi connectivity index (χ2v) is 3.25. The summed E-state index contributed by atoms with van der Waals surface area (Å²) in [5.41, 5.74) is 1.43. The van der Waals surface area contributed by atoms with Gasteiger partial charge < -0.3 is 5.32 Å². The van der Waals surface area contributed by atoms with Crippen LogP contribution in [0.3, 0.4) is 0 Å². The highest BCUT2D eigenvalue weighted by molar-refractivity contribution is 5.23. The number of piperidine rings is 1. The second kappa shape index (κ2) is 3.72. The first-order valence-corrected chi connectivity index (χ1v) is 4.56. The minimum absolute atomic E-state index is 0.625. The lowest BCUT2D eigenvalue weighted by atomic mass is 9.92. The zero-order valence-corrected chi connectivity index (χ0v) is 7.16. The van der Waals surface area contributed by atoms with Gasteiger partial charge in [0.15, 0.2) is 0 Å². The number of hydrogen-bond acceptors (Lipinski definition) is 1. The van der Waals surface area contributed by atoms with Crippen molar-refractivity contribution in [2.45, 2.75) is 12.3 Å². The van der Waals surface area contributed by atoms with E-state index in [2.05, 4.69) is 42.1 Å². The molecule has 2 rings (SSSR count). The predicted molar refractivity (Wildman–Crippen MR) is 51.0 cm³/mol. The first kappa shape index (κ1) is 7.81. The molecule has 0 spiro atoms. The summed E-state index contributed by atoms with van der Waals surface area (Å²) in [6.07, 6.45) is 3.60. The van der Waals surface area contributed by atoms with Gasteiger partial charge in [0.2, 0.25) is 0 Å². The number of hydrogen-bond donors (Lipinski definition) is 1. The molecule has 1 N–H and O–H groups in total. The van der Waals surface area contributed by atoms with Crippen LogP contribution in [0.1, 0.15) is 17.9 Å². The molecule has 1 aliphatic rings. The average molecular weight is 160 g/mol. The smallest absolute Gasteiger partial charge is 0.00229 e. The molecule has 1 saturated heterocycles. The molecule has 0 saturated carbocycles. The third-order valence-electron chi connectivity index (χ3n) is 2.36. The van der Waals surface area contributed by atoms with Gasteiger partial charge in [0.1, 0.15) is 0 Å². The summed E-state index contributed by atoms with van der Waals surface area (Å²) in [5.74, 6) is 0.625. The Morgan fingerprint density at radius 3 is 2.67 bits per heavy atom. The highest BCUT2D eigenvalue weighted by Crippen LogP contribution is 2.21. The lowest BCUT2D eigenvalue weighted by Crippen LogP contribution is -2.28. The van der Waals surface area contributed by atoms with Crippen molar-refractivity contribution in [3.05, 3.63) is 42.3 Å². The fourth-order valence-corrected chi connectivity index (χ4v) is 1.68. The van der Waals surface area contributed by atoms with Crippen LogP contribution in [0.15, 0.2) is 30.3 Å². The molecular formula is C11H14N. The van der Waals surface area contributed by atoms with E-state index in [-0.39, 0.29) is 0 Å². The van der Waals surface area contributed by atoms with Gasteiger partial charge in [-0.05, 0) is 30.9 Å². The van der Waals surface area contributed by atoms with E-state index in [1.165, 1.54) is 12.0 Å². The summed E-state index contributed by atoms with van der Waals surface area (Å²) in [6.45, 7) is 2.24. The van der Waals surface area contributed by atoms with Crippen molar-refractivity contribution in [2.24, 2.45) is 0 Å². The van der Waals surface area contributed by atoms with Crippen LogP contribution >= 0.6 is 0 Å². The van der Waals surface area contributed by atoms with Crippen LogP contribution in [-0.2, 0) is 0 Å². The molecule has 1 unspecified atom stereocenters. The average Bonchev–Trinajstić information content (AvgIpc) is 2.21. The molecule has 1 aromatic carbocycles. The van der Waals surface area contributed by atoms with Gasteiger partial charge in [0, 0.05) is 6.54 Å². The largest absolute Gasteiger partial charge is 0.316 e. The second-order valence-electron chi connectivity index (χ2n) is 3.25. The molecule has 1 heteroatoms. The third-order valence-corrected chi connectivity index (χ3v) is 2.36. The fraction of sp³-hybridized carbons (Fsp3) is 0.364. The Morgan fingerprint density at radius 2 is 2.00 bits per heavy atom. The highest BCUT2D eigenvalue weighted by Gasteiger charge is 2.13. The summed E-state index contributed by atoms with van der Waals surface area (Å²) in [6, 6.07) is 10.7. The van der Waals surface area contributed by atoms with Crippen LogP contribution in [0.25, 0.3) is 0 Å². The maximum Gasteiger partial charge on any atom is 0.00229 e. The van der Waals surface area contributed by atoms with Crippen molar-refractivity contribution in [3.8, 4) is 0 Å². The molecule has 1 radical (unpaired) electrons. The quantitative estimate of drug-likeness (QED) is 0.662. The molecule has 1 atom stereocenters. The van der Waals surface area contributed by atoms with Crippen molar-refractivity contribution < 1.29 is 0 Å². The van der Waals surface area contributed by atoms with Crippen LogP contribution in [-0.4, -0.2) is 13.1 Å². The monoisotopic (exact) mass is 160 g/mol. The lowest BCUT2D eigenvalue weighted by molar-refractivity contribution is 0.549. The molecule has 0 aromatic heterocycles. The first-order chi connectivity index (χ1) is 5.97. The molecule has 1 fully saturated rings. The summed E-state index contributed by atoms with van der Waals surface area (Å²) in [7, 11) is 0. The Kier molecular flexibility index (Phi) is 2.42.